The molecular weight excluding hydrogens is 349 g/mol. The Labute approximate surface area is 152 Å². The van der Waals surface area contributed by atoms with Crippen molar-refractivity contribution in [2.75, 3.05) is 20.3 Å². The van der Waals surface area contributed by atoms with Crippen molar-refractivity contribution in [2.45, 2.75) is 19.3 Å². The Kier molecular flexibility index (Phi) is 7.82. The van der Waals surface area contributed by atoms with Gasteiger partial charge in [0.15, 0.2) is 0 Å². The van der Waals surface area contributed by atoms with Crippen molar-refractivity contribution < 1.29 is 14.6 Å². The highest BCUT2D eigenvalue weighted by molar-refractivity contribution is 6.35. The van der Waals surface area contributed by atoms with Crippen LogP contribution >= 0.6 is 23.2 Å². The predicted octanol–water partition coefficient (Wildman–Crippen LogP) is 3.67. The molecule has 0 heterocycles. The van der Waals surface area contributed by atoms with Crippen molar-refractivity contribution in [1.82, 2.24) is 5.32 Å². The highest BCUT2D eigenvalue weighted by Gasteiger charge is 2.13. The Balaban J connectivity index is 1.84. The molecule has 0 aromatic heterocycles. The van der Waals surface area contributed by atoms with E-state index in [1.165, 1.54) is 0 Å². The molecule has 0 aliphatic rings. The molecule has 24 heavy (non-hydrogen) atoms. The summed E-state index contributed by atoms with van der Waals surface area (Å²) >= 11 is 12.2. The van der Waals surface area contributed by atoms with Crippen molar-refractivity contribution >= 4 is 23.2 Å². The summed E-state index contributed by atoms with van der Waals surface area (Å²) in [5, 5.41) is 14.0. The third-order valence-corrected chi connectivity index (χ3v) is 3.79. The second-order valence-electron chi connectivity index (χ2n) is 5.37. The number of ether oxygens (including phenoxy) is 2. The molecule has 2 rings (SSSR count). The zero-order valence-electron chi connectivity index (χ0n) is 13.5. The molecule has 0 fully saturated rings. The van der Waals surface area contributed by atoms with Gasteiger partial charge in [0.2, 0.25) is 0 Å². The van der Waals surface area contributed by atoms with Gasteiger partial charge in [-0.2, -0.15) is 0 Å². The molecule has 4 nitrogen and oxygen atoms in total. The topological polar surface area (TPSA) is 50.7 Å². The molecule has 0 spiro atoms. The van der Waals surface area contributed by atoms with Gasteiger partial charge in [-0.15, -0.1) is 0 Å². The number of aliphatic hydroxyl groups is 1. The normalized spacial score (nSPS) is 12.2. The van der Waals surface area contributed by atoms with Crippen LogP contribution < -0.4 is 10.1 Å². The first-order valence-corrected chi connectivity index (χ1v) is 8.40. The minimum Gasteiger partial charge on any atom is -0.489 e. The number of halogens is 2. The van der Waals surface area contributed by atoms with Crippen LogP contribution in [0, 0.1) is 0 Å². The lowest BCUT2D eigenvalue weighted by Gasteiger charge is -2.17. The summed E-state index contributed by atoms with van der Waals surface area (Å²) in [5.74, 6) is 0.525. The van der Waals surface area contributed by atoms with Gasteiger partial charge >= 0.3 is 0 Å². The second-order valence-corrected chi connectivity index (χ2v) is 6.22. The molecule has 0 amide bonds. The fourth-order valence-electron chi connectivity index (χ4n) is 2.21. The molecular formula is C18H21Cl2NO3. The molecule has 0 saturated carbocycles. The zero-order valence-corrected chi connectivity index (χ0v) is 15.0. The number of benzene rings is 2. The van der Waals surface area contributed by atoms with E-state index in [0.717, 1.165) is 11.1 Å². The third-order valence-electron chi connectivity index (χ3n) is 3.29. The average molecular weight is 370 g/mol. The smallest absolute Gasteiger partial charge is 0.142 e. The van der Waals surface area contributed by atoms with Gasteiger partial charge in [-0.25, -0.2) is 0 Å². The Bertz CT molecular complexity index is 638. The summed E-state index contributed by atoms with van der Waals surface area (Å²) in [6, 6.07) is 13.2. The van der Waals surface area contributed by atoms with Crippen LogP contribution in [0.15, 0.2) is 42.5 Å². The monoisotopic (exact) mass is 369 g/mol. The van der Waals surface area contributed by atoms with Crippen LogP contribution in [0.5, 0.6) is 5.75 Å². The molecule has 1 atom stereocenters. The van der Waals surface area contributed by atoms with E-state index in [1.54, 1.807) is 12.1 Å². The van der Waals surface area contributed by atoms with Gasteiger partial charge in [-0.1, -0.05) is 53.5 Å². The van der Waals surface area contributed by atoms with Crippen molar-refractivity contribution in [3.05, 3.63) is 63.6 Å². The second kappa shape index (κ2) is 9.87. The number of nitrogens with one attached hydrogen (secondary N) is 1. The lowest BCUT2D eigenvalue weighted by molar-refractivity contribution is 0.00534. The van der Waals surface area contributed by atoms with Gasteiger partial charge in [0.25, 0.3) is 0 Å². The van der Waals surface area contributed by atoms with Crippen LogP contribution in [0.3, 0.4) is 0 Å². The number of aliphatic hydroxyl groups excluding tert-OH is 1. The Morgan fingerprint density at radius 1 is 1.12 bits per heavy atom. The summed E-state index contributed by atoms with van der Waals surface area (Å²) in [7, 11) is 1.82. The third kappa shape index (κ3) is 5.96. The van der Waals surface area contributed by atoms with Crippen molar-refractivity contribution in [1.29, 1.82) is 0 Å². The summed E-state index contributed by atoms with van der Waals surface area (Å²) in [6.45, 7) is 1.29. The van der Waals surface area contributed by atoms with Gasteiger partial charge in [0.1, 0.15) is 18.5 Å². The van der Waals surface area contributed by atoms with Crippen LogP contribution in [-0.4, -0.2) is 31.5 Å². The van der Waals surface area contributed by atoms with Gasteiger partial charge in [0, 0.05) is 17.1 Å². The van der Waals surface area contributed by atoms with Gasteiger partial charge < -0.3 is 19.9 Å². The van der Waals surface area contributed by atoms with E-state index in [0.29, 0.717) is 28.9 Å². The van der Waals surface area contributed by atoms with Crippen molar-refractivity contribution in [3.63, 3.8) is 0 Å². The summed E-state index contributed by atoms with van der Waals surface area (Å²) < 4.78 is 11.2. The fraction of sp³-hybridized carbons (Fsp3) is 0.333. The summed E-state index contributed by atoms with van der Waals surface area (Å²) in [6.07, 6.45) is -0.747. The maximum atomic E-state index is 10.0. The molecule has 0 aliphatic carbocycles. The van der Waals surface area contributed by atoms with E-state index in [9.17, 15) is 5.11 Å². The Hall–Kier alpha value is -1.30. The van der Waals surface area contributed by atoms with E-state index >= 15 is 0 Å². The van der Waals surface area contributed by atoms with E-state index < -0.39 is 6.10 Å². The molecule has 130 valence electrons. The molecule has 2 aromatic carbocycles. The molecule has 0 radical (unpaired) electrons. The Morgan fingerprint density at radius 3 is 2.58 bits per heavy atom. The van der Waals surface area contributed by atoms with Gasteiger partial charge in [-0.3, -0.25) is 0 Å². The SMILES string of the molecule is CNCc1cc(Cl)cc(Cl)c1OCC(O)COCc1ccccc1. The van der Waals surface area contributed by atoms with E-state index in [2.05, 4.69) is 5.32 Å². The maximum absolute atomic E-state index is 10.0. The minimum absolute atomic E-state index is 0.0901. The van der Waals surface area contributed by atoms with Crippen LogP contribution in [0.2, 0.25) is 10.0 Å². The van der Waals surface area contributed by atoms with E-state index in [4.69, 9.17) is 32.7 Å². The van der Waals surface area contributed by atoms with Gasteiger partial charge in [-0.05, 0) is 24.7 Å². The largest absolute Gasteiger partial charge is 0.489 e. The first-order chi connectivity index (χ1) is 11.6. The standard InChI is InChI=1S/C18H21Cl2NO3/c1-21-9-14-7-15(19)8-17(20)18(14)24-12-16(22)11-23-10-13-5-3-2-4-6-13/h2-8,16,21-22H,9-12H2,1H3. The number of rotatable bonds is 9. The summed E-state index contributed by atoms with van der Waals surface area (Å²) in [5.41, 5.74) is 1.90. The van der Waals surface area contributed by atoms with Crippen LogP contribution in [0.25, 0.3) is 0 Å². The molecule has 1 unspecified atom stereocenters. The highest BCUT2D eigenvalue weighted by Crippen LogP contribution is 2.32. The fourth-order valence-corrected chi connectivity index (χ4v) is 2.80. The lowest BCUT2D eigenvalue weighted by Crippen LogP contribution is -2.24. The van der Waals surface area contributed by atoms with Crippen molar-refractivity contribution in [3.8, 4) is 5.75 Å². The first kappa shape index (κ1) is 19.0. The molecule has 0 saturated heterocycles. The Morgan fingerprint density at radius 2 is 1.88 bits per heavy atom. The van der Waals surface area contributed by atoms with Crippen LogP contribution in [-0.2, 0) is 17.9 Å². The van der Waals surface area contributed by atoms with Crippen LogP contribution in [0.4, 0.5) is 0 Å². The van der Waals surface area contributed by atoms with E-state index in [-0.39, 0.29) is 13.2 Å². The highest BCUT2D eigenvalue weighted by atomic mass is 35.5. The van der Waals surface area contributed by atoms with Crippen molar-refractivity contribution in [2.24, 2.45) is 0 Å². The van der Waals surface area contributed by atoms with Gasteiger partial charge in [0.05, 0.1) is 18.2 Å². The zero-order chi connectivity index (χ0) is 17.4. The lowest BCUT2D eigenvalue weighted by atomic mass is 10.2. The molecule has 2 aromatic rings. The average Bonchev–Trinajstić information content (AvgIpc) is 2.55. The number of hydrogen-bond acceptors (Lipinski definition) is 4. The maximum Gasteiger partial charge on any atom is 0.142 e. The first-order valence-electron chi connectivity index (χ1n) is 7.65. The molecule has 6 heteroatoms. The molecule has 2 N–H and O–H groups in total. The van der Waals surface area contributed by atoms with Crippen LogP contribution in [0.1, 0.15) is 11.1 Å². The quantitative estimate of drug-likeness (QED) is 0.707. The predicted molar refractivity (Wildman–Crippen MR) is 96.8 cm³/mol. The molecule has 0 aliphatic heterocycles. The van der Waals surface area contributed by atoms with E-state index in [1.807, 2.05) is 37.4 Å². The number of hydrogen-bond donors (Lipinski definition) is 2. The molecule has 0 bridgehead atoms. The minimum atomic E-state index is -0.747. The summed E-state index contributed by atoms with van der Waals surface area (Å²) in [4.78, 5) is 0.